The van der Waals surface area contributed by atoms with Crippen LogP contribution in [-0.2, 0) is 9.59 Å². The zero-order chi connectivity index (χ0) is 36.9. The largest absolute Gasteiger partial charge is 0.507 e. The molecule has 1 saturated heterocycles. The molecule has 1 fully saturated rings. The van der Waals surface area contributed by atoms with Gasteiger partial charge in [-0.05, 0) is 62.7 Å². The summed E-state index contributed by atoms with van der Waals surface area (Å²) in [6, 6.07) is 6.21. The second kappa shape index (κ2) is 14.1. The van der Waals surface area contributed by atoms with Crippen molar-refractivity contribution in [2.75, 3.05) is 49.6 Å². The number of benzene rings is 1. The van der Waals surface area contributed by atoms with E-state index in [1.165, 1.54) is 27.7 Å². The highest BCUT2D eigenvalue weighted by Gasteiger charge is 2.46. The highest BCUT2D eigenvalue weighted by atomic mass is 35.5. The summed E-state index contributed by atoms with van der Waals surface area (Å²) in [6.45, 7) is 14.6. The first kappa shape index (κ1) is 36.0. The Balaban J connectivity index is 1.59. The van der Waals surface area contributed by atoms with Gasteiger partial charge in [0.15, 0.2) is 5.65 Å². The molecule has 51 heavy (non-hydrogen) atoms. The van der Waals surface area contributed by atoms with Crippen molar-refractivity contribution in [3.05, 3.63) is 81.1 Å². The summed E-state index contributed by atoms with van der Waals surface area (Å²) in [7, 11) is 1.56. The van der Waals surface area contributed by atoms with E-state index in [1.54, 1.807) is 36.4 Å². The molecule has 0 bridgehead atoms. The molecule has 2 aliphatic heterocycles. The minimum Gasteiger partial charge on any atom is -0.507 e. The summed E-state index contributed by atoms with van der Waals surface area (Å²) in [5.41, 5.74) is 1.83. The molecular formula is C38H43ClFN7O4. The number of piperazine rings is 1. The summed E-state index contributed by atoms with van der Waals surface area (Å²) in [5.74, 6) is -1.72. The van der Waals surface area contributed by atoms with Crippen LogP contribution in [0.5, 0.6) is 5.75 Å². The van der Waals surface area contributed by atoms with Crippen LogP contribution in [0.4, 0.5) is 15.8 Å². The van der Waals surface area contributed by atoms with Gasteiger partial charge in [0.25, 0.3) is 11.5 Å². The number of hydrogen-bond acceptors (Lipinski definition) is 8. The van der Waals surface area contributed by atoms with Crippen LogP contribution in [-0.4, -0.2) is 93.1 Å². The number of aryl methyl sites for hydroxylation is 1. The Morgan fingerprint density at radius 1 is 1.14 bits per heavy atom. The number of carbonyl (C=O) groups is 2. The molecule has 0 saturated carbocycles. The quantitative estimate of drug-likeness (QED) is 0.233. The molecule has 2 amide bonds. The number of aromatic nitrogens is 3. The molecule has 268 valence electrons. The smallest absolute Gasteiger partial charge is 0.283 e. The fraction of sp³-hybridized carbons (Fsp3) is 0.395. The Labute approximate surface area is 301 Å². The zero-order valence-corrected chi connectivity index (χ0v) is 30.7. The van der Waals surface area contributed by atoms with Crippen LogP contribution in [0.25, 0.3) is 28.0 Å². The van der Waals surface area contributed by atoms with Crippen molar-refractivity contribution in [3.8, 4) is 22.7 Å². The molecule has 2 aliphatic rings. The molecule has 3 aromatic heterocycles. The Morgan fingerprint density at radius 2 is 1.86 bits per heavy atom. The van der Waals surface area contributed by atoms with Crippen molar-refractivity contribution in [1.82, 2.24) is 24.3 Å². The van der Waals surface area contributed by atoms with Crippen LogP contribution in [0.1, 0.15) is 51.8 Å². The standard InChI is InChI=1S/C38H43ClFN7O4/c1-8-44(9-2)17-11-14-29(49)45-20-27-37(50)43(7)35-34(46(27)19-23(45)6)24-18-25(39)32(30-26(40)12-10-13-28(30)48)42-36(24)47(38(35)51)33-22(5)15-16-41-31(33)21(3)4/h10-16,18,21,23,27,48H,8-9,17,19-20H2,1-7H3/b14-11+/t23-,27-/m1/s1. The Bertz CT molecular complexity index is 2110. The predicted molar refractivity (Wildman–Crippen MR) is 199 cm³/mol. The van der Waals surface area contributed by atoms with Crippen LogP contribution in [0, 0.1) is 12.7 Å². The Morgan fingerprint density at radius 3 is 2.53 bits per heavy atom. The third-order valence-corrected chi connectivity index (χ3v) is 10.3. The lowest BCUT2D eigenvalue weighted by Crippen LogP contribution is -2.66. The van der Waals surface area contributed by atoms with Gasteiger partial charge >= 0.3 is 0 Å². The lowest BCUT2D eigenvalue weighted by Gasteiger charge is -2.49. The van der Waals surface area contributed by atoms with Gasteiger partial charge in [0.2, 0.25) is 5.91 Å². The van der Waals surface area contributed by atoms with Crippen LogP contribution < -0.4 is 15.4 Å². The summed E-state index contributed by atoms with van der Waals surface area (Å²) >= 11 is 6.90. The number of pyridine rings is 3. The minimum atomic E-state index is -0.794. The molecule has 1 N–H and O–H groups in total. The average molecular weight is 716 g/mol. The van der Waals surface area contributed by atoms with Crippen molar-refractivity contribution in [3.63, 3.8) is 0 Å². The van der Waals surface area contributed by atoms with Gasteiger partial charge in [0.05, 0.1) is 39.9 Å². The van der Waals surface area contributed by atoms with Crippen molar-refractivity contribution in [2.45, 2.75) is 59.5 Å². The van der Waals surface area contributed by atoms with Gasteiger partial charge in [-0.1, -0.05) is 51.4 Å². The maximum atomic E-state index is 15.3. The van der Waals surface area contributed by atoms with Gasteiger partial charge in [0.1, 0.15) is 23.3 Å². The summed E-state index contributed by atoms with van der Waals surface area (Å²) in [5, 5.41) is 11.2. The second-order valence-corrected chi connectivity index (χ2v) is 13.9. The second-order valence-electron chi connectivity index (χ2n) is 13.5. The fourth-order valence-corrected chi connectivity index (χ4v) is 7.46. The van der Waals surface area contributed by atoms with Crippen LogP contribution in [0.15, 0.2) is 53.5 Å². The van der Waals surface area contributed by atoms with Gasteiger partial charge in [-0.15, -0.1) is 0 Å². The molecule has 2 atom stereocenters. The molecule has 0 radical (unpaired) electrons. The van der Waals surface area contributed by atoms with E-state index >= 15 is 4.39 Å². The summed E-state index contributed by atoms with van der Waals surface area (Å²) < 4.78 is 16.7. The highest BCUT2D eigenvalue weighted by molar-refractivity contribution is 6.34. The lowest BCUT2D eigenvalue weighted by molar-refractivity contribution is -0.130. The van der Waals surface area contributed by atoms with Gasteiger partial charge in [0, 0.05) is 43.8 Å². The molecule has 0 spiro atoms. The molecule has 0 unspecified atom stereocenters. The number of halogens is 2. The fourth-order valence-electron chi connectivity index (χ4n) is 7.22. The SMILES string of the molecule is CCN(CC)C/C=C/C(=O)N1C[C@@H]2C(=O)N(C)c3c(c4cc(Cl)c(-c5c(O)cccc5F)nc4n(-c4c(C)ccnc4C(C)C)c3=O)N2C[C@H]1C. The van der Waals surface area contributed by atoms with Crippen LogP contribution >= 0.6 is 11.6 Å². The van der Waals surface area contributed by atoms with Crippen molar-refractivity contribution >= 4 is 45.8 Å². The van der Waals surface area contributed by atoms with Gasteiger partial charge in [-0.3, -0.25) is 23.9 Å². The average Bonchev–Trinajstić information content (AvgIpc) is 3.09. The van der Waals surface area contributed by atoms with E-state index in [1.807, 2.05) is 38.7 Å². The summed E-state index contributed by atoms with van der Waals surface area (Å²) in [4.78, 5) is 59.2. The number of aromatic hydroxyl groups is 1. The number of fused-ring (bicyclic) bond motifs is 5. The number of anilines is 2. The Kier molecular flexibility index (Phi) is 9.93. The van der Waals surface area contributed by atoms with E-state index in [2.05, 4.69) is 23.7 Å². The molecule has 6 rings (SSSR count). The maximum Gasteiger partial charge on any atom is 0.283 e. The first-order chi connectivity index (χ1) is 24.3. The highest BCUT2D eigenvalue weighted by Crippen LogP contribution is 2.45. The number of hydrogen-bond donors (Lipinski definition) is 1. The summed E-state index contributed by atoms with van der Waals surface area (Å²) in [6.07, 6.45) is 5.09. The van der Waals surface area contributed by atoms with Crippen LogP contribution in [0.2, 0.25) is 5.02 Å². The molecule has 0 aliphatic carbocycles. The third-order valence-electron chi connectivity index (χ3n) is 9.98. The van der Waals surface area contributed by atoms with E-state index in [0.29, 0.717) is 29.0 Å². The van der Waals surface area contributed by atoms with Crippen molar-refractivity contribution in [2.24, 2.45) is 0 Å². The monoisotopic (exact) mass is 715 g/mol. The number of likely N-dealkylation sites (N-methyl/N-ethyl adjacent to an activating group) is 2. The first-order valence-electron chi connectivity index (χ1n) is 17.3. The maximum absolute atomic E-state index is 15.3. The molecule has 13 heteroatoms. The number of rotatable bonds is 8. The first-order valence-corrected chi connectivity index (χ1v) is 17.6. The molecular weight excluding hydrogens is 673 g/mol. The van der Waals surface area contributed by atoms with Gasteiger partial charge < -0.3 is 24.7 Å². The lowest BCUT2D eigenvalue weighted by atomic mass is 9.98. The normalized spacial score (nSPS) is 17.6. The third kappa shape index (κ3) is 6.14. The molecule has 11 nitrogen and oxygen atoms in total. The Hall–Kier alpha value is -4.81. The number of amides is 2. The number of phenols is 1. The molecule has 4 aromatic rings. The topological polar surface area (TPSA) is 115 Å². The van der Waals surface area contributed by atoms with E-state index < -0.39 is 17.4 Å². The predicted octanol–water partition coefficient (Wildman–Crippen LogP) is 5.66. The number of carbonyl (C=O) groups excluding carboxylic acids is 2. The van der Waals surface area contributed by atoms with Crippen molar-refractivity contribution < 1.29 is 19.1 Å². The zero-order valence-electron chi connectivity index (χ0n) is 29.9. The van der Waals surface area contributed by atoms with E-state index in [-0.39, 0.29) is 70.2 Å². The van der Waals surface area contributed by atoms with Crippen molar-refractivity contribution in [1.29, 1.82) is 0 Å². The number of nitrogens with zero attached hydrogens (tertiary/aromatic N) is 7. The molecule has 1 aromatic carbocycles. The van der Waals surface area contributed by atoms with Gasteiger partial charge in [-0.2, -0.15) is 0 Å². The minimum absolute atomic E-state index is 0.0404. The van der Waals surface area contributed by atoms with E-state index in [0.717, 1.165) is 18.7 Å². The molecule has 5 heterocycles. The number of phenolic OH excluding ortho intramolecular Hbond substituents is 1. The van der Waals surface area contributed by atoms with Gasteiger partial charge in [-0.25, -0.2) is 9.37 Å². The van der Waals surface area contributed by atoms with E-state index in [9.17, 15) is 19.5 Å². The van der Waals surface area contributed by atoms with E-state index in [4.69, 9.17) is 16.6 Å². The van der Waals surface area contributed by atoms with Crippen LogP contribution in [0.3, 0.4) is 0 Å².